The van der Waals surface area contributed by atoms with Gasteiger partial charge < -0.3 is 5.32 Å². The minimum absolute atomic E-state index is 0.523. The first kappa shape index (κ1) is 24.1. The average molecular weight is 373 g/mol. The first-order valence-corrected chi connectivity index (χ1v) is 11.8. The van der Waals surface area contributed by atoms with E-state index in [-0.39, 0.29) is 0 Å². The van der Waals surface area contributed by atoms with Gasteiger partial charge in [-0.3, -0.25) is 0 Å². The van der Waals surface area contributed by atoms with Gasteiger partial charge in [-0.25, -0.2) is 0 Å². The first-order chi connectivity index (χ1) is 13.0. The van der Waals surface area contributed by atoms with Crippen LogP contribution in [0.25, 0.3) is 0 Å². The third-order valence-electron chi connectivity index (χ3n) is 5.42. The van der Waals surface area contributed by atoms with Crippen molar-refractivity contribution in [1.29, 1.82) is 0 Å². The third kappa shape index (κ3) is 14.7. The molecule has 0 saturated carbocycles. The van der Waals surface area contributed by atoms with E-state index >= 15 is 0 Å². The van der Waals surface area contributed by atoms with Crippen molar-refractivity contribution in [2.75, 3.05) is 11.9 Å². The molecule has 0 aliphatic rings. The summed E-state index contributed by atoms with van der Waals surface area (Å²) < 4.78 is 0. The van der Waals surface area contributed by atoms with Crippen LogP contribution in [0.2, 0.25) is 0 Å². The summed E-state index contributed by atoms with van der Waals surface area (Å²) in [5, 5.41) is 3.55. The Balaban J connectivity index is 1.80. The Labute approximate surface area is 170 Å². The van der Waals surface area contributed by atoms with E-state index in [4.69, 9.17) is 0 Å². The predicted octanol–water partition coefficient (Wildman–Crippen LogP) is 8.58. The molecule has 0 heterocycles. The Kier molecular flexibility index (Phi) is 13.4. The second-order valence-corrected chi connectivity index (χ2v) is 9.44. The SMILES string of the molecule is CCc1[c]ccc(NCCCCCCCCCCCCCCC(C)(C)C)c1. The Hall–Kier alpha value is -0.980. The molecule has 0 aliphatic heterocycles. The minimum atomic E-state index is 0.523. The molecule has 0 aromatic heterocycles. The second kappa shape index (κ2) is 15.0. The standard InChI is InChI=1S/C26H46N/c1-5-24-19-18-20-25(23-24)27-22-17-15-13-11-9-7-6-8-10-12-14-16-21-26(2,3)4/h18,20,23,27H,5-17,21-22H2,1-4H3. The van der Waals surface area contributed by atoms with Crippen molar-refractivity contribution < 1.29 is 0 Å². The summed E-state index contributed by atoms with van der Waals surface area (Å²) in [7, 11) is 0. The summed E-state index contributed by atoms with van der Waals surface area (Å²) in [6, 6.07) is 9.67. The number of hydrogen-bond acceptors (Lipinski definition) is 1. The lowest BCUT2D eigenvalue weighted by Crippen LogP contribution is -2.03. The van der Waals surface area contributed by atoms with E-state index < -0.39 is 0 Å². The Morgan fingerprint density at radius 1 is 0.778 bits per heavy atom. The molecule has 1 rings (SSSR count). The maximum Gasteiger partial charge on any atom is 0.0343 e. The predicted molar refractivity (Wildman–Crippen MR) is 123 cm³/mol. The average Bonchev–Trinajstić information content (AvgIpc) is 2.64. The van der Waals surface area contributed by atoms with Gasteiger partial charge in [0, 0.05) is 12.2 Å². The lowest BCUT2D eigenvalue weighted by Gasteiger charge is -2.17. The van der Waals surface area contributed by atoms with Crippen molar-refractivity contribution >= 4 is 5.69 Å². The van der Waals surface area contributed by atoms with Crippen molar-refractivity contribution in [3.05, 3.63) is 29.8 Å². The molecule has 0 fully saturated rings. The minimum Gasteiger partial charge on any atom is -0.385 e. The number of nitrogens with one attached hydrogen (secondary N) is 1. The fraction of sp³-hybridized carbons (Fsp3) is 0.769. The molecule has 0 bridgehead atoms. The Bertz CT molecular complexity index is 458. The van der Waals surface area contributed by atoms with Crippen molar-refractivity contribution in [3.63, 3.8) is 0 Å². The van der Waals surface area contributed by atoms with Crippen LogP contribution in [0, 0.1) is 11.5 Å². The van der Waals surface area contributed by atoms with E-state index in [9.17, 15) is 0 Å². The zero-order valence-corrected chi connectivity index (χ0v) is 18.8. The van der Waals surface area contributed by atoms with E-state index in [2.05, 4.69) is 51.2 Å². The quantitative estimate of drug-likeness (QED) is 0.286. The third-order valence-corrected chi connectivity index (χ3v) is 5.42. The summed E-state index contributed by atoms with van der Waals surface area (Å²) in [5.41, 5.74) is 3.07. The van der Waals surface area contributed by atoms with E-state index in [1.54, 1.807) is 0 Å². The van der Waals surface area contributed by atoms with E-state index in [0.29, 0.717) is 5.41 Å². The molecule has 0 amide bonds. The van der Waals surface area contributed by atoms with E-state index in [1.165, 1.54) is 94.7 Å². The molecule has 0 spiro atoms. The molecule has 1 aromatic carbocycles. The molecule has 0 saturated heterocycles. The van der Waals surface area contributed by atoms with Crippen LogP contribution in [0.15, 0.2) is 18.2 Å². The monoisotopic (exact) mass is 372 g/mol. The molecular weight excluding hydrogens is 326 g/mol. The van der Waals surface area contributed by atoms with Crippen LogP contribution in [0.3, 0.4) is 0 Å². The molecule has 0 aliphatic carbocycles. The lowest BCUT2D eigenvalue weighted by molar-refractivity contribution is 0.356. The number of rotatable bonds is 16. The number of anilines is 1. The summed E-state index contributed by atoms with van der Waals surface area (Å²) in [6.45, 7) is 10.3. The number of benzene rings is 1. The van der Waals surface area contributed by atoms with Crippen LogP contribution >= 0.6 is 0 Å². The van der Waals surface area contributed by atoms with Crippen LogP contribution in [0.4, 0.5) is 5.69 Å². The van der Waals surface area contributed by atoms with E-state index in [0.717, 1.165) is 13.0 Å². The van der Waals surface area contributed by atoms with Crippen molar-refractivity contribution in [2.24, 2.45) is 5.41 Å². The molecule has 1 aromatic rings. The fourth-order valence-electron chi connectivity index (χ4n) is 3.61. The topological polar surface area (TPSA) is 12.0 Å². The molecule has 1 radical (unpaired) electrons. The van der Waals surface area contributed by atoms with E-state index in [1.807, 2.05) is 6.07 Å². The highest BCUT2D eigenvalue weighted by molar-refractivity contribution is 5.45. The molecule has 0 atom stereocenters. The highest BCUT2D eigenvalue weighted by Crippen LogP contribution is 2.22. The van der Waals surface area contributed by atoms with Gasteiger partial charge in [0.05, 0.1) is 0 Å². The largest absolute Gasteiger partial charge is 0.385 e. The van der Waals surface area contributed by atoms with Crippen molar-refractivity contribution in [2.45, 2.75) is 118 Å². The molecule has 1 heteroatoms. The Morgan fingerprint density at radius 2 is 1.30 bits per heavy atom. The maximum absolute atomic E-state index is 3.55. The summed E-state index contributed by atoms with van der Waals surface area (Å²) >= 11 is 0. The van der Waals surface area contributed by atoms with Crippen LogP contribution < -0.4 is 5.32 Å². The molecule has 1 nitrogen and oxygen atoms in total. The normalized spacial score (nSPS) is 11.7. The zero-order chi connectivity index (χ0) is 19.8. The van der Waals surface area contributed by atoms with Crippen LogP contribution in [0.1, 0.15) is 117 Å². The molecule has 155 valence electrons. The smallest absolute Gasteiger partial charge is 0.0343 e. The van der Waals surface area contributed by atoms with Gasteiger partial charge >= 0.3 is 0 Å². The molecule has 1 N–H and O–H groups in total. The molecule has 0 unspecified atom stereocenters. The van der Waals surface area contributed by atoms with Gasteiger partial charge in [-0.1, -0.05) is 104 Å². The van der Waals surface area contributed by atoms with Crippen molar-refractivity contribution in [1.82, 2.24) is 0 Å². The summed E-state index contributed by atoms with van der Waals surface area (Å²) in [6.07, 6.45) is 19.4. The Morgan fingerprint density at radius 3 is 1.81 bits per heavy atom. The summed E-state index contributed by atoms with van der Waals surface area (Å²) in [4.78, 5) is 0. The summed E-state index contributed by atoms with van der Waals surface area (Å²) in [5.74, 6) is 0. The van der Waals surface area contributed by atoms with Crippen LogP contribution in [-0.4, -0.2) is 6.54 Å². The van der Waals surface area contributed by atoms with Crippen molar-refractivity contribution in [3.8, 4) is 0 Å². The number of hydrogen-bond donors (Lipinski definition) is 1. The second-order valence-electron chi connectivity index (χ2n) is 9.44. The highest BCUT2D eigenvalue weighted by atomic mass is 14.9. The van der Waals surface area contributed by atoms with Gasteiger partial charge in [0.2, 0.25) is 0 Å². The lowest BCUT2D eigenvalue weighted by atomic mass is 9.89. The first-order valence-electron chi connectivity index (χ1n) is 11.8. The maximum atomic E-state index is 3.55. The highest BCUT2D eigenvalue weighted by Gasteiger charge is 2.08. The number of unbranched alkanes of at least 4 members (excludes halogenated alkanes) is 11. The number of aryl methyl sites for hydroxylation is 1. The van der Waals surface area contributed by atoms with Gasteiger partial charge in [-0.2, -0.15) is 0 Å². The molecule has 27 heavy (non-hydrogen) atoms. The van der Waals surface area contributed by atoms with Gasteiger partial charge in [0.15, 0.2) is 0 Å². The zero-order valence-electron chi connectivity index (χ0n) is 18.8. The van der Waals surface area contributed by atoms with Gasteiger partial charge in [0.25, 0.3) is 0 Å². The van der Waals surface area contributed by atoms with Gasteiger partial charge in [-0.05, 0) is 48.4 Å². The van der Waals surface area contributed by atoms with Gasteiger partial charge in [-0.15, -0.1) is 0 Å². The fourth-order valence-corrected chi connectivity index (χ4v) is 3.61. The van der Waals surface area contributed by atoms with Crippen LogP contribution in [0.5, 0.6) is 0 Å². The van der Waals surface area contributed by atoms with Crippen LogP contribution in [-0.2, 0) is 6.42 Å². The van der Waals surface area contributed by atoms with Gasteiger partial charge in [0.1, 0.15) is 0 Å². The molecular formula is C26H46N.